The number of benzene rings is 1. The number of nitrogens with one attached hydrogen (secondary N) is 1. The molecule has 2 aromatic rings. The number of halogens is 1. The third-order valence-electron chi connectivity index (χ3n) is 3.90. The molecule has 5 nitrogen and oxygen atoms in total. The van der Waals surface area contributed by atoms with Gasteiger partial charge in [-0.05, 0) is 56.5 Å². The summed E-state index contributed by atoms with van der Waals surface area (Å²) in [5.74, 6) is 0.404. The molecule has 0 atom stereocenters. The molecule has 1 fully saturated rings. The number of hydrogen-bond acceptors (Lipinski definition) is 4. The van der Waals surface area contributed by atoms with Crippen LogP contribution in [0.2, 0.25) is 5.02 Å². The minimum Gasteiger partial charge on any atom is -0.337 e. The van der Waals surface area contributed by atoms with Gasteiger partial charge < -0.3 is 10.2 Å². The number of carbonyl (C=O) groups excluding carboxylic acids is 1. The van der Waals surface area contributed by atoms with E-state index in [1.54, 1.807) is 6.07 Å². The predicted octanol–water partition coefficient (Wildman–Crippen LogP) is 3.73. The summed E-state index contributed by atoms with van der Waals surface area (Å²) < 4.78 is 0. The van der Waals surface area contributed by atoms with Gasteiger partial charge >= 0.3 is 0 Å². The van der Waals surface area contributed by atoms with Crippen LogP contribution in [0.1, 0.15) is 34.6 Å². The van der Waals surface area contributed by atoms with Gasteiger partial charge in [-0.1, -0.05) is 11.6 Å². The Hall–Kier alpha value is -2.14. The molecule has 0 unspecified atom stereocenters. The molecule has 0 radical (unpaired) electrons. The number of aromatic nitrogens is 2. The van der Waals surface area contributed by atoms with Gasteiger partial charge in [0.1, 0.15) is 5.69 Å². The largest absolute Gasteiger partial charge is 0.337 e. The van der Waals surface area contributed by atoms with Gasteiger partial charge in [0.2, 0.25) is 5.95 Å². The molecule has 1 aromatic heterocycles. The van der Waals surface area contributed by atoms with E-state index in [4.69, 9.17) is 11.6 Å². The first-order valence-electron chi connectivity index (χ1n) is 7.71. The topological polar surface area (TPSA) is 58.1 Å². The van der Waals surface area contributed by atoms with Gasteiger partial charge in [0.25, 0.3) is 5.91 Å². The molecule has 1 saturated heterocycles. The molecule has 0 aliphatic carbocycles. The molecule has 6 heteroatoms. The first-order valence-corrected chi connectivity index (χ1v) is 8.09. The minimum atomic E-state index is -0.0242. The van der Waals surface area contributed by atoms with Crippen LogP contribution in [0.4, 0.5) is 11.6 Å². The van der Waals surface area contributed by atoms with Crippen molar-refractivity contribution in [1.29, 1.82) is 0 Å². The van der Waals surface area contributed by atoms with Crippen LogP contribution in [-0.2, 0) is 0 Å². The van der Waals surface area contributed by atoms with Crippen molar-refractivity contribution in [2.24, 2.45) is 0 Å². The molecule has 1 aliphatic heterocycles. The summed E-state index contributed by atoms with van der Waals surface area (Å²) in [4.78, 5) is 23.1. The molecule has 23 heavy (non-hydrogen) atoms. The van der Waals surface area contributed by atoms with E-state index in [9.17, 15) is 4.79 Å². The van der Waals surface area contributed by atoms with Gasteiger partial charge in [-0.25, -0.2) is 9.97 Å². The number of carbonyl (C=O) groups is 1. The van der Waals surface area contributed by atoms with E-state index >= 15 is 0 Å². The van der Waals surface area contributed by atoms with Gasteiger partial charge in [0.15, 0.2) is 0 Å². The molecule has 1 amide bonds. The maximum Gasteiger partial charge on any atom is 0.272 e. The first-order chi connectivity index (χ1) is 11.0. The molecule has 2 heterocycles. The van der Waals surface area contributed by atoms with Gasteiger partial charge in [-0.2, -0.15) is 0 Å². The Balaban J connectivity index is 1.86. The number of likely N-dealkylation sites (tertiary alicyclic amines) is 1. The summed E-state index contributed by atoms with van der Waals surface area (Å²) in [5.41, 5.74) is 3.07. The van der Waals surface area contributed by atoms with Gasteiger partial charge in [-0.15, -0.1) is 0 Å². The maximum atomic E-state index is 12.5. The van der Waals surface area contributed by atoms with Gasteiger partial charge in [0, 0.05) is 29.5 Å². The normalized spacial score (nSPS) is 14.1. The number of anilines is 2. The molecular weight excluding hydrogens is 312 g/mol. The lowest BCUT2D eigenvalue weighted by atomic mass is 10.2. The van der Waals surface area contributed by atoms with E-state index in [-0.39, 0.29) is 5.91 Å². The Morgan fingerprint density at radius 2 is 1.91 bits per heavy atom. The van der Waals surface area contributed by atoms with Crippen molar-refractivity contribution in [3.8, 4) is 0 Å². The fraction of sp³-hybridized carbons (Fsp3) is 0.353. The number of amides is 1. The quantitative estimate of drug-likeness (QED) is 0.931. The summed E-state index contributed by atoms with van der Waals surface area (Å²) in [6.07, 6.45) is 2.12. The molecule has 1 N–H and O–H groups in total. The lowest BCUT2D eigenvalue weighted by molar-refractivity contribution is 0.0787. The average molecular weight is 331 g/mol. The van der Waals surface area contributed by atoms with Crippen LogP contribution in [0.15, 0.2) is 24.3 Å². The van der Waals surface area contributed by atoms with Crippen LogP contribution < -0.4 is 5.32 Å². The lowest BCUT2D eigenvalue weighted by Gasteiger charge is -2.16. The zero-order chi connectivity index (χ0) is 16.4. The highest BCUT2D eigenvalue weighted by molar-refractivity contribution is 6.30. The monoisotopic (exact) mass is 330 g/mol. The number of rotatable bonds is 3. The molecule has 0 bridgehead atoms. The summed E-state index contributed by atoms with van der Waals surface area (Å²) in [6.45, 7) is 5.44. The van der Waals surface area contributed by atoms with Crippen LogP contribution in [0.5, 0.6) is 0 Å². The molecule has 3 rings (SSSR count). The van der Waals surface area contributed by atoms with Crippen LogP contribution in [0.25, 0.3) is 0 Å². The Bertz CT molecular complexity index is 741. The Kier molecular flexibility index (Phi) is 4.48. The van der Waals surface area contributed by atoms with E-state index in [0.717, 1.165) is 42.9 Å². The van der Waals surface area contributed by atoms with Crippen LogP contribution in [-0.4, -0.2) is 33.9 Å². The van der Waals surface area contributed by atoms with Gasteiger partial charge in [0.05, 0.1) is 0 Å². The fourth-order valence-electron chi connectivity index (χ4n) is 2.70. The summed E-state index contributed by atoms with van der Waals surface area (Å²) in [6, 6.07) is 7.30. The minimum absolute atomic E-state index is 0.0242. The van der Waals surface area contributed by atoms with E-state index in [0.29, 0.717) is 16.7 Å². The Labute approximate surface area is 140 Å². The van der Waals surface area contributed by atoms with Crippen molar-refractivity contribution in [3.63, 3.8) is 0 Å². The van der Waals surface area contributed by atoms with Gasteiger partial charge in [-0.3, -0.25) is 4.79 Å². The van der Waals surface area contributed by atoms with Crippen LogP contribution in [0, 0.1) is 13.8 Å². The van der Waals surface area contributed by atoms with Crippen molar-refractivity contribution >= 4 is 29.1 Å². The summed E-state index contributed by atoms with van der Waals surface area (Å²) >= 11 is 5.98. The third kappa shape index (κ3) is 3.62. The highest BCUT2D eigenvalue weighted by Gasteiger charge is 2.21. The van der Waals surface area contributed by atoms with E-state index in [1.807, 2.05) is 36.9 Å². The van der Waals surface area contributed by atoms with Crippen molar-refractivity contribution < 1.29 is 4.79 Å². The smallest absolute Gasteiger partial charge is 0.272 e. The molecule has 120 valence electrons. The average Bonchev–Trinajstić information content (AvgIpc) is 3.03. The molecule has 1 aliphatic rings. The zero-order valence-corrected chi connectivity index (χ0v) is 14.0. The number of aryl methyl sites for hydroxylation is 2. The molecular formula is C17H19ClN4O. The Morgan fingerprint density at radius 3 is 2.61 bits per heavy atom. The van der Waals surface area contributed by atoms with Crippen molar-refractivity contribution in [2.45, 2.75) is 26.7 Å². The maximum absolute atomic E-state index is 12.5. The predicted molar refractivity (Wildman–Crippen MR) is 91.4 cm³/mol. The fourth-order valence-corrected chi connectivity index (χ4v) is 2.93. The second-order valence-corrected chi connectivity index (χ2v) is 6.24. The Morgan fingerprint density at radius 1 is 1.17 bits per heavy atom. The highest BCUT2D eigenvalue weighted by Crippen LogP contribution is 2.22. The van der Waals surface area contributed by atoms with Crippen molar-refractivity contribution in [1.82, 2.24) is 14.9 Å². The van der Waals surface area contributed by atoms with Crippen molar-refractivity contribution in [2.75, 3.05) is 18.4 Å². The molecule has 0 saturated carbocycles. The lowest BCUT2D eigenvalue weighted by Crippen LogP contribution is -2.28. The number of nitrogens with zero attached hydrogens (tertiary/aromatic N) is 3. The van der Waals surface area contributed by atoms with E-state index in [1.165, 1.54) is 0 Å². The van der Waals surface area contributed by atoms with Crippen LogP contribution in [0.3, 0.4) is 0 Å². The first kappa shape index (κ1) is 15.7. The van der Waals surface area contributed by atoms with E-state index < -0.39 is 0 Å². The highest BCUT2D eigenvalue weighted by atomic mass is 35.5. The number of hydrogen-bond donors (Lipinski definition) is 1. The second-order valence-electron chi connectivity index (χ2n) is 5.80. The van der Waals surface area contributed by atoms with E-state index in [2.05, 4.69) is 15.3 Å². The third-order valence-corrected chi connectivity index (χ3v) is 4.14. The summed E-state index contributed by atoms with van der Waals surface area (Å²) in [5, 5.41) is 3.86. The zero-order valence-electron chi connectivity index (χ0n) is 13.3. The van der Waals surface area contributed by atoms with Crippen molar-refractivity contribution in [3.05, 3.63) is 46.2 Å². The standard InChI is InChI=1S/C17H19ClN4O/c1-11-9-13(18)5-6-14(11)20-17-19-12(2)10-15(21-17)16(23)22-7-3-4-8-22/h5-6,9-10H,3-4,7-8H2,1-2H3,(H,19,20,21). The molecule has 0 spiro atoms. The molecule has 1 aromatic carbocycles. The summed E-state index contributed by atoms with van der Waals surface area (Å²) in [7, 11) is 0. The SMILES string of the molecule is Cc1cc(C(=O)N2CCCC2)nc(Nc2ccc(Cl)cc2C)n1. The van der Waals surface area contributed by atoms with Crippen LogP contribution >= 0.6 is 11.6 Å². The second kappa shape index (κ2) is 6.54.